The van der Waals surface area contributed by atoms with Crippen LogP contribution in [0.25, 0.3) is 0 Å². The van der Waals surface area contributed by atoms with Crippen LogP contribution in [0.1, 0.15) is 5.56 Å². The van der Waals surface area contributed by atoms with Gasteiger partial charge in [-0.15, -0.1) is 0 Å². The van der Waals surface area contributed by atoms with Crippen molar-refractivity contribution in [3.8, 4) is 11.5 Å². The monoisotopic (exact) mass is 327 g/mol. The van der Waals surface area contributed by atoms with Crippen LogP contribution in [0, 0.1) is 0 Å². The lowest BCUT2D eigenvalue weighted by Gasteiger charge is -2.18. The zero-order valence-corrected chi connectivity index (χ0v) is 12.9. The predicted molar refractivity (Wildman–Crippen MR) is 77.7 cm³/mol. The first kappa shape index (κ1) is 15.1. The summed E-state index contributed by atoms with van der Waals surface area (Å²) in [5.41, 5.74) is 0.775. The average Bonchev–Trinajstić information content (AvgIpc) is 3.01. The van der Waals surface area contributed by atoms with Crippen molar-refractivity contribution in [2.75, 3.05) is 25.4 Å². The molecule has 1 fully saturated rings. The standard InChI is InChI=1S/C14H17NO6S/c1-19-13-7-22(17,18)6-10(13)15-14(16)5-9-2-3-11-12(4-9)21-8-20-11/h2-4,10,13H,5-8H2,1H3,(H,15,16). The first-order valence-electron chi connectivity index (χ1n) is 6.88. The van der Waals surface area contributed by atoms with Crippen molar-refractivity contribution in [3.05, 3.63) is 23.8 Å². The number of amides is 1. The molecule has 1 amide bonds. The summed E-state index contributed by atoms with van der Waals surface area (Å²) in [6.45, 7) is 0.181. The van der Waals surface area contributed by atoms with E-state index in [2.05, 4.69) is 5.32 Å². The molecule has 0 saturated carbocycles. The summed E-state index contributed by atoms with van der Waals surface area (Å²) in [4.78, 5) is 12.1. The Hall–Kier alpha value is -1.80. The molecule has 1 saturated heterocycles. The molecule has 0 radical (unpaired) electrons. The van der Waals surface area contributed by atoms with Crippen LogP contribution >= 0.6 is 0 Å². The Labute approximate surface area is 128 Å². The van der Waals surface area contributed by atoms with Gasteiger partial charge < -0.3 is 19.5 Å². The fourth-order valence-corrected chi connectivity index (χ4v) is 4.53. The molecule has 1 aromatic rings. The van der Waals surface area contributed by atoms with E-state index in [1.54, 1.807) is 18.2 Å². The second kappa shape index (κ2) is 5.77. The predicted octanol–water partition coefficient (Wildman–Crippen LogP) is -0.114. The molecule has 0 spiro atoms. The number of ether oxygens (including phenoxy) is 3. The molecule has 0 aliphatic carbocycles. The normalized spacial score (nSPS) is 25.1. The molecule has 22 heavy (non-hydrogen) atoms. The third-order valence-electron chi connectivity index (χ3n) is 3.75. The average molecular weight is 327 g/mol. The van der Waals surface area contributed by atoms with E-state index in [-0.39, 0.29) is 30.6 Å². The molecular weight excluding hydrogens is 310 g/mol. The highest BCUT2D eigenvalue weighted by Gasteiger charge is 2.38. The van der Waals surface area contributed by atoms with E-state index in [1.807, 2.05) is 0 Å². The lowest BCUT2D eigenvalue weighted by Crippen LogP contribution is -2.44. The third-order valence-corrected chi connectivity index (χ3v) is 5.45. The summed E-state index contributed by atoms with van der Waals surface area (Å²) in [6, 6.07) is 4.78. The van der Waals surface area contributed by atoms with E-state index in [0.29, 0.717) is 11.5 Å². The highest BCUT2D eigenvalue weighted by molar-refractivity contribution is 7.91. The van der Waals surface area contributed by atoms with Gasteiger partial charge in [0, 0.05) is 7.11 Å². The summed E-state index contributed by atoms with van der Waals surface area (Å²) in [5, 5.41) is 2.74. The number of carbonyl (C=O) groups excluding carboxylic acids is 1. The van der Waals surface area contributed by atoms with Gasteiger partial charge in [0.2, 0.25) is 12.7 Å². The number of rotatable bonds is 4. The van der Waals surface area contributed by atoms with Crippen LogP contribution in [0.4, 0.5) is 0 Å². The SMILES string of the molecule is COC1CS(=O)(=O)CC1NC(=O)Cc1ccc2c(c1)OCO2. The van der Waals surface area contributed by atoms with Gasteiger partial charge in [0.15, 0.2) is 21.3 Å². The fraction of sp³-hybridized carbons (Fsp3) is 0.500. The van der Waals surface area contributed by atoms with Gasteiger partial charge in [-0.25, -0.2) is 8.42 Å². The van der Waals surface area contributed by atoms with Crippen LogP contribution in [0.15, 0.2) is 18.2 Å². The Morgan fingerprint density at radius 2 is 2.09 bits per heavy atom. The molecule has 1 aromatic carbocycles. The highest BCUT2D eigenvalue weighted by atomic mass is 32.2. The van der Waals surface area contributed by atoms with Crippen molar-refractivity contribution < 1.29 is 27.4 Å². The largest absolute Gasteiger partial charge is 0.454 e. The van der Waals surface area contributed by atoms with Crippen LogP contribution in [0.3, 0.4) is 0 Å². The van der Waals surface area contributed by atoms with E-state index in [4.69, 9.17) is 14.2 Å². The molecule has 2 aliphatic heterocycles. The molecule has 0 aromatic heterocycles. The molecule has 2 aliphatic rings. The van der Waals surface area contributed by atoms with Crippen molar-refractivity contribution in [2.24, 2.45) is 0 Å². The van der Waals surface area contributed by atoms with Crippen molar-refractivity contribution >= 4 is 15.7 Å². The quantitative estimate of drug-likeness (QED) is 0.829. The zero-order chi connectivity index (χ0) is 15.7. The molecule has 3 rings (SSSR count). The van der Waals surface area contributed by atoms with Gasteiger partial charge >= 0.3 is 0 Å². The van der Waals surface area contributed by atoms with Gasteiger partial charge in [-0.05, 0) is 17.7 Å². The van der Waals surface area contributed by atoms with Crippen molar-refractivity contribution in [2.45, 2.75) is 18.6 Å². The molecular formula is C14H17NO6S. The van der Waals surface area contributed by atoms with Gasteiger partial charge in [0.25, 0.3) is 0 Å². The van der Waals surface area contributed by atoms with E-state index in [0.717, 1.165) is 5.56 Å². The van der Waals surface area contributed by atoms with Crippen molar-refractivity contribution in [1.29, 1.82) is 0 Å². The summed E-state index contributed by atoms with van der Waals surface area (Å²) in [5.74, 6) is 0.883. The maximum atomic E-state index is 12.1. The van der Waals surface area contributed by atoms with Crippen LogP contribution in [-0.2, 0) is 25.8 Å². The first-order chi connectivity index (χ1) is 10.5. The Morgan fingerprint density at radius 1 is 1.32 bits per heavy atom. The van der Waals surface area contributed by atoms with Crippen LogP contribution in [0.2, 0.25) is 0 Å². The topological polar surface area (TPSA) is 90.9 Å². The number of benzene rings is 1. The maximum Gasteiger partial charge on any atom is 0.231 e. The molecule has 8 heteroatoms. The summed E-state index contributed by atoms with van der Waals surface area (Å²) in [6.07, 6.45) is -0.352. The summed E-state index contributed by atoms with van der Waals surface area (Å²) < 4.78 is 38.8. The maximum absolute atomic E-state index is 12.1. The highest BCUT2D eigenvalue weighted by Crippen LogP contribution is 2.32. The molecule has 7 nitrogen and oxygen atoms in total. The molecule has 2 heterocycles. The smallest absolute Gasteiger partial charge is 0.231 e. The number of sulfone groups is 1. The van der Waals surface area contributed by atoms with Gasteiger partial charge in [-0.2, -0.15) is 0 Å². The molecule has 1 N–H and O–H groups in total. The van der Waals surface area contributed by atoms with Gasteiger partial charge in [0.05, 0.1) is 30.1 Å². The van der Waals surface area contributed by atoms with E-state index in [1.165, 1.54) is 7.11 Å². The lowest BCUT2D eigenvalue weighted by molar-refractivity contribution is -0.121. The van der Waals surface area contributed by atoms with Gasteiger partial charge in [-0.3, -0.25) is 4.79 Å². The van der Waals surface area contributed by atoms with Gasteiger partial charge in [0.1, 0.15) is 0 Å². The van der Waals surface area contributed by atoms with Crippen LogP contribution < -0.4 is 14.8 Å². The second-order valence-corrected chi connectivity index (χ2v) is 7.54. The second-order valence-electron chi connectivity index (χ2n) is 5.39. The molecule has 2 atom stereocenters. The summed E-state index contributed by atoms with van der Waals surface area (Å²) in [7, 11) is -1.71. The van der Waals surface area contributed by atoms with Gasteiger partial charge in [-0.1, -0.05) is 6.07 Å². The van der Waals surface area contributed by atoms with Crippen LogP contribution in [0.5, 0.6) is 11.5 Å². The Balaban J connectivity index is 1.63. The van der Waals surface area contributed by atoms with E-state index < -0.39 is 22.0 Å². The first-order valence-corrected chi connectivity index (χ1v) is 8.70. The minimum Gasteiger partial charge on any atom is -0.454 e. The number of carbonyl (C=O) groups is 1. The van der Waals surface area contributed by atoms with Crippen molar-refractivity contribution in [3.63, 3.8) is 0 Å². The summed E-state index contributed by atoms with van der Waals surface area (Å²) >= 11 is 0. The number of methoxy groups -OCH3 is 1. The minimum atomic E-state index is -3.16. The van der Waals surface area contributed by atoms with E-state index >= 15 is 0 Å². The molecule has 2 unspecified atom stereocenters. The van der Waals surface area contributed by atoms with Crippen molar-refractivity contribution in [1.82, 2.24) is 5.32 Å². The number of nitrogens with one attached hydrogen (secondary N) is 1. The molecule has 0 bridgehead atoms. The van der Waals surface area contributed by atoms with Crippen LogP contribution in [-0.4, -0.2) is 51.9 Å². The lowest BCUT2D eigenvalue weighted by atomic mass is 10.1. The number of hydrogen-bond donors (Lipinski definition) is 1. The Kier molecular flexibility index (Phi) is 3.96. The number of fused-ring (bicyclic) bond motifs is 1. The number of hydrogen-bond acceptors (Lipinski definition) is 6. The zero-order valence-electron chi connectivity index (χ0n) is 12.1. The Bertz CT molecular complexity index is 687. The molecule has 120 valence electrons. The Morgan fingerprint density at radius 3 is 2.86 bits per heavy atom. The fourth-order valence-electron chi connectivity index (χ4n) is 2.68. The van der Waals surface area contributed by atoms with E-state index in [9.17, 15) is 13.2 Å². The third kappa shape index (κ3) is 3.17. The minimum absolute atomic E-state index is 0.0571.